The van der Waals surface area contributed by atoms with Gasteiger partial charge in [0.2, 0.25) is 0 Å². The Morgan fingerprint density at radius 1 is 1.47 bits per heavy atom. The highest BCUT2D eigenvalue weighted by Gasteiger charge is 2.09. The molecule has 0 saturated carbocycles. The van der Waals surface area contributed by atoms with Gasteiger partial charge in [-0.15, -0.1) is 0 Å². The molecule has 0 heterocycles. The van der Waals surface area contributed by atoms with Gasteiger partial charge >= 0.3 is 5.97 Å². The maximum absolute atomic E-state index is 11.1. The van der Waals surface area contributed by atoms with Crippen molar-refractivity contribution >= 4 is 5.97 Å². The molecule has 1 unspecified atom stereocenters. The van der Waals surface area contributed by atoms with E-state index in [2.05, 4.69) is 13.5 Å². The third kappa shape index (κ3) is 7.94. The Kier molecular flexibility index (Phi) is 7.64. The van der Waals surface area contributed by atoms with Gasteiger partial charge in [-0.05, 0) is 20.3 Å². The fourth-order valence-corrected chi connectivity index (χ4v) is 0.854. The highest BCUT2D eigenvalue weighted by atomic mass is 16.6. The third-order valence-electron chi connectivity index (χ3n) is 1.63. The fraction of sp³-hybridized carbons (Fsp3) is 0.583. The van der Waals surface area contributed by atoms with Crippen molar-refractivity contribution in [3.8, 4) is 0 Å². The zero-order valence-corrected chi connectivity index (χ0v) is 9.79. The Hall–Kier alpha value is -1.09. The van der Waals surface area contributed by atoms with Crippen LogP contribution in [0.4, 0.5) is 0 Å². The van der Waals surface area contributed by atoms with Crippen molar-refractivity contribution in [1.29, 1.82) is 0 Å². The number of esters is 1. The highest BCUT2D eigenvalue weighted by molar-refractivity contribution is 5.87. The monoisotopic (exact) mass is 212 g/mol. The molecule has 3 heteroatoms. The van der Waals surface area contributed by atoms with Gasteiger partial charge in [0, 0.05) is 5.57 Å². The van der Waals surface area contributed by atoms with E-state index in [9.17, 15) is 4.79 Å². The molecule has 0 aliphatic carbocycles. The number of carbonyl (C=O) groups excluding carboxylic acids is 1. The summed E-state index contributed by atoms with van der Waals surface area (Å²) in [5.74, 6) is -0.366. The topological polar surface area (TPSA) is 35.5 Å². The van der Waals surface area contributed by atoms with Gasteiger partial charge in [-0.2, -0.15) is 0 Å². The van der Waals surface area contributed by atoms with E-state index in [1.165, 1.54) is 0 Å². The summed E-state index contributed by atoms with van der Waals surface area (Å²) in [6, 6.07) is 0. The van der Waals surface area contributed by atoms with Crippen LogP contribution in [0.2, 0.25) is 0 Å². The largest absolute Gasteiger partial charge is 0.457 e. The van der Waals surface area contributed by atoms with Gasteiger partial charge in [0.25, 0.3) is 0 Å². The summed E-state index contributed by atoms with van der Waals surface area (Å²) in [6.07, 6.45) is 4.76. The molecule has 0 radical (unpaired) electrons. The first-order chi connectivity index (χ1) is 7.07. The molecule has 0 bridgehead atoms. The second kappa shape index (κ2) is 8.24. The molecule has 0 amide bonds. The maximum atomic E-state index is 11.1. The summed E-state index contributed by atoms with van der Waals surface area (Å²) in [5, 5.41) is 0. The van der Waals surface area contributed by atoms with Gasteiger partial charge < -0.3 is 9.47 Å². The van der Waals surface area contributed by atoms with E-state index in [1.807, 2.05) is 12.2 Å². The van der Waals surface area contributed by atoms with Crippen molar-refractivity contribution in [3.05, 3.63) is 24.3 Å². The summed E-state index contributed by atoms with van der Waals surface area (Å²) in [6.45, 7) is 9.95. The molecule has 0 spiro atoms. The van der Waals surface area contributed by atoms with Crippen LogP contribution in [-0.2, 0) is 14.3 Å². The summed E-state index contributed by atoms with van der Waals surface area (Å²) in [5.41, 5.74) is 0.410. The lowest BCUT2D eigenvalue weighted by atomic mass is 10.3. The molecule has 0 saturated heterocycles. The van der Waals surface area contributed by atoms with E-state index in [4.69, 9.17) is 9.47 Å². The Morgan fingerprint density at radius 2 is 2.13 bits per heavy atom. The van der Waals surface area contributed by atoms with Gasteiger partial charge in [0.1, 0.15) is 6.10 Å². The van der Waals surface area contributed by atoms with Gasteiger partial charge in [-0.1, -0.05) is 25.7 Å². The lowest BCUT2D eigenvalue weighted by Gasteiger charge is -2.12. The minimum Gasteiger partial charge on any atom is -0.457 e. The molecule has 86 valence electrons. The standard InChI is InChI=1S/C12H20O3/c1-5-6-7-8-14-9-11(4)15-12(13)10(2)3/h6-7,11H,2,5,8-9H2,1,3-4H3. The quantitative estimate of drug-likeness (QED) is 0.281. The number of carbonyl (C=O) groups is 1. The van der Waals surface area contributed by atoms with Crippen LogP contribution >= 0.6 is 0 Å². The van der Waals surface area contributed by atoms with Crippen molar-refractivity contribution in [2.24, 2.45) is 0 Å². The Labute approximate surface area is 91.8 Å². The van der Waals surface area contributed by atoms with Gasteiger partial charge in [0.15, 0.2) is 0 Å². The van der Waals surface area contributed by atoms with Gasteiger partial charge in [-0.25, -0.2) is 4.79 Å². The first kappa shape index (κ1) is 13.9. The molecule has 1 atom stereocenters. The smallest absolute Gasteiger partial charge is 0.333 e. The number of hydrogen-bond donors (Lipinski definition) is 0. The Morgan fingerprint density at radius 3 is 2.67 bits per heavy atom. The van der Waals surface area contributed by atoms with Crippen LogP contribution in [-0.4, -0.2) is 25.3 Å². The van der Waals surface area contributed by atoms with Crippen molar-refractivity contribution in [3.63, 3.8) is 0 Å². The van der Waals surface area contributed by atoms with E-state index in [-0.39, 0.29) is 12.1 Å². The third-order valence-corrected chi connectivity index (χ3v) is 1.63. The average molecular weight is 212 g/mol. The van der Waals surface area contributed by atoms with Crippen LogP contribution in [0.1, 0.15) is 27.2 Å². The molecule has 0 aromatic carbocycles. The first-order valence-corrected chi connectivity index (χ1v) is 5.17. The molecule has 15 heavy (non-hydrogen) atoms. The number of hydrogen-bond acceptors (Lipinski definition) is 3. The van der Waals surface area contributed by atoms with Crippen LogP contribution in [0.5, 0.6) is 0 Å². The molecule has 0 N–H and O–H groups in total. The number of ether oxygens (including phenoxy) is 2. The molecule has 0 aromatic heterocycles. The predicted molar refractivity (Wildman–Crippen MR) is 60.6 cm³/mol. The predicted octanol–water partition coefficient (Wildman–Crippen LogP) is 2.48. The lowest BCUT2D eigenvalue weighted by Crippen LogP contribution is -2.20. The minimum absolute atomic E-state index is 0.232. The summed E-state index contributed by atoms with van der Waals surface area (Å²) >= 11 is 0. The fourth-order valence-electron chi connectivity index (χ4n) is 0.854. The van der Waals surface area contributed by atoms with Crippen molar-refractivity contribution in [1.82, 2.24) is 0 Å². The normalized spacial score (nSPS) is 12.7. The highest BCUT2D eigenvalue weighted by Crippen LogP contribution is 1.98. The van der Waals surface area contributed by atoms with Gasteiger partial charge in [0.05, 0.1) is 13.2 Å². The average Bonchev–Trinajstić information content (AvgIpc) is 2.17. The minimum atomic E-state index is -0.366. The van der Waals surface area contributed by atoms with Crippen LogP contribution in [0.25, 0.3) is 0 Å². The summed E-state index contributed by atoms with van der Waals surface area (Å²) in [7, 11) is 0. The van der Waals surface area contributed by atoms with E-state index in [0.717, 1.165) is 6.42 Å². The van der Waals surface area contributed by atoms with E-state index >= 15 is 0 Å². The molecular formula is C12H20O3. The van der Waals surface area contributed by atoms with E-state index < -0.39 is 0 Å². The molecule has 0 aromatic rings. The first-order valence-electron chi connectivity index (χ1n) is 5.17. The lowest BCUT2D eigenvalue weighted by molar-refractivity contribution is -0.145. The molecule has 3 nitrogen and oxygen atoms in total. The molecule has 0 aliphatic rings. The van der Waals surface area contributed by atoms with Crippen LogP contribution < -0.4 is 0 Å². The second-order valence-corrected chi connectivity index (χ2v) is 3.41. The Bertz CT molecular complexity index is 231. The SMILES string of the molecule is C=C(C)C(=O)OC(C)COCC=CCC. The van der Waals surface area contributed by atoms with E-state index in [1.54, 1.807) is 13.8 Å². The van der Waals surface area contributed by atoms with Crippen LogP contribution in [0, 0.1) is 0 Å². The number of rotatable bonds is 7. The van der Waals surface area contributed by atoms with Gasteiger partial charge in [-0.3, -0.25) is 0 Å². The Balaban J connectivity index is 3.57. The zero-order chi connectivity index (χ0) is 11.7. The van der Waals surface area contributed by atoms with Crippen molar-refractivity contribution in [2.75, 3.05) is 13.2 Å². The van der Waals surface area contributed by atoms with Crippen LogP contribution in [0.15, 0.2) is 24.3 Å². The van der Waals surface area contributed by atoms with E-state index in [0.29, 0.717) is 18.8 Å². The van der Waals surface area contributed by atoms with Crippen molar-refractivity contribution < 1.29 is 14.3 Å². The van der Waals surface area contributed by atoms with Crippen LogP contribution in [0.3, 0.4) is 0 Å². The molecule has 0 aliphatic heterocycles. The summed E-state index contributed by atoms with van der Waals surface area (Å²) < 4.78 is 10.3. The molecular weight excluding hydrogens is 192 g/mol. The number of allylic oxidation sites excluding steroid dienone is 1. The molecule has 0 rings (SSSR count). The summed E-state index contributed by atoms with van der Waals surface area (Å²) in [4.78, 5) is 11.1. The maximum Gasteiger partial charge on any atom is 0.333 e. The van der Waals surface area contributed by atoms with Crippen molar-refractivity contribution in [2.45, 2.75) is 33.3 Å². The second-order valence-electron chi connectivity index (χ2n) is 3.41. The molecule has 0 fully saturated rings. The zero-order valence-electron chi connectivity index (χ0n) is 9.79.